The smallest absolute Gasteiger partial charge is 0.305 e. The Morgan fingerprint density at radius 1 is 1.48 bits per heavy atom. The number of hydrogen-bond acceptors (Lipinski definition) is 5. The van der Waals surface area contributed by atoms with Gasteiger partial charge in [0.25, 0.3) is 0 Å². The maximum Gasteiger partial charge on any atom is 0.305 e. The minimum Gasteiger partial charge on any atom is -0.481 e. The number of ether oxygens (including phenoxy) is 1. The Hall–Kier alpha value is -1.51. The summed E-state index contributed by atoms with van der Waals surface area (Å²) in [5.41, 5.74) is 0.698. The van der Waals surface area contributed by atoms with Crippen molar-refractivity contribution < 1.29 is 23.1 Å². The Morgan fingerprint density at radius 2 is 2.29 bits per heavy atom. The topological polar surface area (TPSA) is 96.8 Å². The van der Waals surface area contributed by atoms with Gasteiger partial charge in [-0.1, -0.05) is 6.07 Å². The Balaban J connectivity index is 2.04. The first-order chi connectivity index (χ1) is 9.99. The molecule has 8 heteroatoms. The molecule has 1 aliphatic heterocycles. The summed E-state index contributed by atoms with van der Waals surface area (Å²) in [6.07, 6.45) is 1.67. The minimum absolute atomic E-state index is 0.0832. The molecule has 1 atom stereocenters. The van der Waals surface area contributed by atoms with Crippen LogP contribution in [-0.4, -0.2) is 60.3 Å². The second-order valence-electron chi connectivity index (χ2n) is 4.82. The van der Waals surface area contributed by atoms with E-state index in [9.17, 15) is 13.2 Å². The summed E-state index contributed by atoms with van der Waals surface area (Å²) in [7, 11) is -3.53. The Bertz CT molecular complexity index is 575. The number of morpholine rings is 1. The first kappa shape index (κ1) is 15.9. The second kappa shape index (κ2) is 6.97. The summed E-state index contributed by atoms with van der Waals surface area (Å²) in [6.45, 7) is 0.608. The van der Waals surface area contributed by atoms with Crippen LogP contribution < -0.4 is 0 Å². The van der Waals surface area contributed by atoms with Crippen molar-refractivity contribution in [3.05, 3.63) is 30.1 Å². The predicted octanol–water partition coefficient (Wildman–Crippen LogP) is 0.129. The fourth-order valence-corrected chi connectivity index (χ4v) is 3.91. The molecular formula is C13H18N2O5S. The van der Waals surface area contributed by atoms with E-state index in [2.05, 4.69) is 4.98 Å². The summed E-state index contributed by atoms with van der Waals surface area (Å²) < 4.78 is 31.2. The van der Waals surface area contributed by atoms with Gasteiger partial charge in [-0.05, 0) is 12.1 Å². The fraction of sp³-hybridized carbons (Fsp3) is 0.538. The van der Waals surface area contributed by atoms with E-state index in [4.69, 9.17) is 9.84 Å². The summed E-state index contributed by atoms with van der Waals surface area (Å²) in [4.78, 5) is 14.9. The third-order valence-corrected chi connectivity index (χ3v) is 5.20. The van der Waals surface area contributed by atoms with E-state index in [1.54, 1.807) is 24.4 Å². The van der Waals surface area contributed by atoms with Gasteiger partial charge in [-0.25, -0.2) is 8.42 Å². The third-order valence-electron chi connectivity index (χ3n) is 3.28. The summed E-state index contributed by atoms with van der Waals surface area (Å²) in [5.74, 6) is -1.12. The van der Waals surface area contributed by atoms with E-state index in [-0.39, 0.29) is 25.3 Å². The molecule has 2 heterocycles. The van der Waals surface area contributed by atoms with Gasteiger partial charge in [-0.3, -0.25) is 9.78 Å². The SMILES string of the molecule is O=C(O)CC1COCCN1S(=O)(=O)CCc1ccccn1. The van der Waals surface area contributed by atoms with Crippen LogP contribution in [0.4, 0.5) is 0 Å². The molecule has 0 amide bonds. The van der Waals surface area contributed by atoms with Crippen LogP contribution in [0, 0.1) is 0 Å². The monoisotopic (exact) mass is 314 g/mol. The van der Waals surface area contributed by atoms with Crippen molar-refractivity contribution in [3.8, 4) is 0 Å². The van der Waals surface area contributed by atoms with Gasteiger partial charge in [0, 0.05) is 24.9 Å². The van der Waals surface area contributed by atoms with Crippen molar-refractivity contribution in [2.24, 2.45) is 0 Å². The van der Waals surface area contributed by atoms with Gasteiger partial charge < -0.3 is 9.84 Å². The lowest BCUT2D eigenvalue weighted by atomic mass is 10.2. The van der Waals surface area contributed by atoms with Crippen molar-refractivity contribution in [2.75, 3.05) is 25.5 Å². The highest BCUT2D eigenvalue weighted by molar-refractivity contribution is 7.89. The number of pyridine rings is 1. The molecule has 2 rings (SSSR count). The van der Waals surface area contributed by atoms with Crippen LogP contribution in [0.3, 0.4) is 0 Å². The van der Waals surface area contributed by atoms with Crippen LogP contribution in [0.15, 0.2) is 24.4 Å². The number of sulfonamides is 1. The lowest BCUT2D eigenvalue weighted by Gasteiger charge is -2.33. The molecule has 1 aliphatic rings. The number of aliphatic carboxylic acids is 1. The maximum atomic E-state index is 12.4. The summed E-state index contributed by atoms with van der Waals surface area (Å²) >= 11 is 0. The van der Waals surface area contributed by atoms with Gasteiger partial charge in [-0.15, -0.1) is 0 Å². The molecule has 21 heavy (non-hydrogen) atoms. The lowest BCUT2D eigenvalue weighted by Crippen LogP contribution is -2.50. The van der Waals surface area contributed by atoms with Crippen LogP contribution in [-0.2, 0) is 26.0 Å². The Morgan fingerprint density at radius 3 is 2.95 bits per heavy atom. The van der Waals surface area contributed by atoms with E-state index in [1.807, 2.05) is 0 Å². The van der Waals surface area contributed by atoms with Gasteiger partial charge in [0.05, 0.1) is 31.4 Å². The predicted molar refractivity (Wildman–Crippen MR) is 75.3 cm³/mol. The highest BCUT2D eigenvalue weighted by Gasteiger charge is 2.33. The molecule has 0 aromatic carbocycles. The van der Waals surface area contributed by atoms with Gasteiger partial charge in [0.1, 0.15) is 0 Å². The number of nitrogens with zero attached hydrogens (tertiary/aromatic N) is 2. The van der Waals surface area contributed by atoms with E-state index in [1.165, 1.54) is 4.31 Å². The molecule has 0 spiro atoms. The van der Waals surface area contributed by atoms with E-state index >= 15 is 0 Å². The number of carboxylic acids is 1. The molecule has 0 aliphatic carbocycles. The maximum absolute atomic E-state index is 12.4. The molecule has 1 unspecified atom stereocenters. The van der Waals surface area contributed by atoms with Crippen LogP contribution in [0.5, 0.6) is 0 Å². The molecule has 0 saturated carbocycles. The quantitative estimate of drug-likeness (QED) is 0.801. The number of carbonyl (C=O) groups is 1. The second-order valence-corrected chi connectivity index (χ2v) is 6.87. The standard InChI is InChI=1S/C13H18N2O5S/c16-13(17)9-12-10-20-7-6-15(12)21(18,19)8-4-11-3-1-2-5-14-11/h1-3,5,12H,4,6-10H2,(H,16,17). The number of hydrogen-bond donors (Lipinski definition) is 1. The number of rotatable bonds is 6. The zero-order chi connectivity index (χ0) is 15.3. The molecule has 1 saturated heterocycles. The number of aryl methyl sites for hydroxylation is 1. The normalized spacial score (nSPS) is 20.3. The van der Waals surface area contributed by atoms with Crippen molar-refractivity contribution >= 4 is 16.0 Å². The van der Waals surface area contributed by atoms with Crippen molar-refractivity contribution in [3.63, 3.8) is 0 Å². The molecule has 116 valence electrons. The van der Waals surface area contributed by atoms with Gasteiger partial charge in [0.15, 0.2) is 0 Å². The lowest BCUT2D eigenvalue weighted by molar-refractivity contribution is -0.139. The zero-order valence-electron chi connectivity index (χ0n) is 11.5. The van der Waals surface area contributed by atoms with Gasteiger partial charge in [-0.2, -0.15) is 4.31 Å². The summed E-state index contributed by atoms with van der Waals surface area (Å²) in [5, 5.41) is 8.87. The Labute approximate surface area is 123 Å². The average molecular weight is 314 g/mol. The van der Waals surface area contributed by atoms with E-state index in [0.717, 1.165) is 0 Å². The van der Waals surface area contributed by atoms with Crippen molar-refractivity contribution in [1.82, 2.24) is 9.29 Å². The number of aromatic nitrogens is 1. The molecule has 1 aromatic heterocycles. The zero-order valence-corrected chi connectivity index (χ0v) is 12.3. The highest BCUT2D eigenvalue weighted by atomic mass is 32.2. The van der Waals surface area contributed by atoms with Crippen LogP contribution in [0.25, 0.3) is 0 Å². The largest absolute Gasteiger partial charge is 0.481 e. The highest BCUT2D eigenvalue weighted by Crippen LogP contribution is 2.16. The van der Waals surface area contributed by atoms with Gasteiger partial charge >= 0.3 is 5.97 Å². The van der Waals surface area contributed by atoms with Crippen LogP contribution in [0.1, 0.15) is 12.1 Å². The molecule has 0 bridgehead atoms. The van der Waals surface area contributed by atoms with Crippen molar-refractivity contribution in [2.45, 2.75) is 18.9 Å². The van der Waals surface area contributed by atoms with E-state index in [0.29, 0.717) is 18.7 Å². The molecular weight excluding hydrogens is 296 g/mol. The average Bonchev–Trinajstić information content (AvgIpc) is 2.46. The first-order valence-electron chi connectivity index (χ1n) is 6.68. The fourth-order valence-electron chi connectivity index (χ4n) is 2.26. The van der Waals surface area contributed by atoms with Crippen molar-refractivity contribution in [1.29, 1.82) is 0 Å². The van der Waals surface area contributed by atoms with E-state index < -0.39 is 22.0 Å². The summed E-state index contributed by atoms with van der Waals surface area (Å²) in [6, 6.07) is 4.70. The molecule has 1 N–H and O–H groups in total. The van der Waals surface area contributed by atoms with Crippen LogP contribution >= 0.6 is 0 Å². The Kier molecular flexibility index (Phi) is 5.27. The minimum atomic E-state index is -3.53. The first-order valence-corrected chi connectivity index (χ1v) is 8.29. The molecule has 0 radical (unpaired) electrons. The molecule has 7 nitrogen and oxygen atoms in total. The molecule has 1 aromatic rings. The van der Waals surface area contributed by atoms with Crippen LogP contribution in [0.2, 0.25) is 0 Å². The third kappa shape index (κ3) is 4.48. The molecule has 1 fully saturated rings. The number of carboxylic acid groups (broad SMARTS) is 1. The van der Waals surface area contributed by atoms with Gasteiger partial charge in [0.2, 0.25) is 10.0 Å².